The van der Waals surface area contributed by atoms with Crippen LogP contribution in [0, 0.1) is 0 Å². The molecule has 124 valence electrons. The lowest BCUT2D eigenvalue weighted by molar-refractivity contribution is -0.139. The molecule has 1 unspecified atom stereocenters. The number of aryl methyl sites for hydroxylation is 1. The first-order valence-corrected chi connectivity index (χ1v) is 8.11. The molecule has 0 aromatic heterocycles. The number of ether oxygens (including phenoxy) is 1. The summed E-state index contributed by atoms with van der Waals surface area (Å²) >= 11 is 0. The molecule has 23 heavy (non-hydrogen) atoms. The maximum Gasteiger partial charge on any atom is 0.338 e. The predicted molar refractivity (Wildman–Crippen MR) is 88.8 cm³/mol. The van der Waals surface area contributed by atoms with Gasteiger partial charge in [-0.05, 0) is 30.9 Å². The van der Waals surface area contributed by atoms with Gasteiger partial charge in [0.2, 0.25) is 0 Å². The number of hydrogen-bond donors (Lipinski definition) is 2. The molecule has 1 aromatic rings. The van der Waals surface area contributed by atoms with Crippen molar-refractivity contribution in [3.8, 4) is 0 Å². The Kier molecular flexibility index (Phi) is 5.79. The summed E-state index contributed by atoms with van der Waals surface area (Å²) < 4.78 is 5.34. The minimum atomic E-state index is -0.483. The minimum absolute atomic E-state index is 0.308. The van der Waals surface area contributed by atoms with Crippen molar-refractivity contribution in [1.29, 1.82) is 0 Å². The lowest BCUT2D eigenvalue weighted by Crippen LogP contribution is -2.45. The van der Waals surface area contributed by atoms with Gasteiger partial charge in [-0.1, -0.05) is 44.5 Å². The van der Waals surface area contributed by atoms with Crippen LogP contribution in [0.15, 0.2) is 35.5 Å². The van der Waals surface area contributed by atoms with E-state index >= 15 is 0 Å². The van der Waals surface area contributed by atoms with E-state index in [1.54, 1.807) is 6.92 Å². The molecule has 0 fully saturated rings. The highest BCUT2D eigenvalue weighted by Crippen LogP contribution is 2.27. The molecule has 1 heterocycles. The number of nitrogens with one attached hydrogen (secondary N) is 2. The molecule has 1 aromatic carbocycles. The van der Waals surface area contributed by atoms with Crippen LogP contribution in [-0.4, -0.2) is 18.6 Å². The zero-order valence-electron chi connectivity index (χ0n) is 13.9. The Morgan fingerprint density at radius 1 is 1.22 bits per heavy atom. The van der Waals surface area contributed by atoms with Crippen LogP contribution in [0.4, 0.5) is 4.79 Å². The third-order valence-corrected chi connectivity index (χ3v) is 3.94. The summed E-state index contributed by atoms with van der Waals surface area (Å²) in [6.45, 7) is 6.24. The highest BCUT2D eigenvalue weighted by atomic mass is 16.5. The first-order valence-electron chi connectivity index (χ1n) is 8.11. The predicted octanol–water partition coefficient (Wildman–Crippen LogP) is 3.22. The smallest absolute Gasteiger partial charge is 0.338 e. The molecule has 0 saturated heterocycles. The van der Waals surface area contributed by atoms with Gasteiger partial charge < -0.3 is 15.4 Å². The standard InChI is InChI=1S/C18H24N2O3/c1-4-6-11-23-17(21)15-12(3)19-18(22)20-16(15)14-9-7-13(5-2)8-10-14/h7-10,16H,4-6,11H2,1-3H3,(H2,19,20,22). The van der Waals surface area contributed by atoms with Crippen LogP contribution in [0.5, 0.6) is 0 Å². The van der Waals surface area contributed by atoms with E-state index in [4.69, 9.17) is 4.74 Å². The van der Waals surface area contributed by atoms with Crippen molar-refractivity contribution in [3.05, 3.63) is 46.7 Å². The Morgan fingerprint density at radius 3 is 2.52 bits per heavy atom. The quantitative estimate of drug-likeness (QED) is 0.625. The van der Waals surface area contributed by atoms with Crippen LogP contribution in [0.1, 0.15) is 50.8 Å². The zero-order chi connectivity index (χ0) is 16.8. The second-order valence-electron chi connectivity index (χ2n) is 5.65. The van der Waals surface area contributed by atoms with Crippen LogP contribution in [-0.2, 0) is 16.0 Å². The summed E-state index contributed by atoms with van der Waals surface area (Å²) in [5, 5.41) is 5.46. The van der Waals surface area contributed by atoms with Crippen LogP contribution in [0.2, 0.25) is 0 Å². The molecule has 2 N–H and O–H groups in total. The summed E-state index contributed by atoms with van der Waals surface area (Å²) in [5.74, 6) is -0.381. The highest BCUT2D eigenvalue weighted by Gasteiger charge is 2.32. The number of esters is 1. The number of hydrogen-bond acceptors (Lipinski definition) is 3. The summed E-state index contributed by atoms with van der Waals surface area (Å²) in [4.78, 5) is 24.2. The van der Waals surface area contributed by atoms with Gasteiger partial charge in [-0.15, -0.1) is 0 Å². The molecule has 1 atom stereocenters. The molecule has 1 aliphatic heterocycles. The fraction of sp³-hybridized carbons (Fsp3) is 0.444. The summed E-state index contributed by atoms with van der Waals surface area (Å²) in [7, 11) is 0. The molecule has 0 bridgehead atoms. The van der Waals surface area contributed by atoms with Crippen molar-refractivity contribution in [2.24, 2.45) is 0 Å². The van der Waals surface area contributed by atoms with Crippen molar-refractivity contribution in [2.75, 3.05) is 6.61 Å². The molecule has 5 heteroatoms. The van der Waals surface area contributed by atoms with Crippen molar-refractivity contribution in [3.63, 3.8) is 0 Å². The topological polar surface area (TPSA) is 67.4 Å². The van der Waals surface area contributed by atoms with Crippen molar-refractivity contribution in [2.45, 2.75) is 46.1 Å². The molecule has 0 saturated carbocycles. The number of benzene rings is 1. The summed E-state index contributed by atoms with van der Waals surface area (Å²) in [5.41, 5.74) is 3.09. The molecule has 2 rings (SSSR count). The van der Waals surface area contributed by atoms with E-state index in [0.717, 1.165) is 24.8 Å². The van der Waals surface area contributed by atoms with E-state index in [1.807, 2.05) is 31.2 Å². The number of allylic oxidation sites excluding steroid dienone is 1. The van der Waals surface area contributed by atoms with Gasteiger partial charge in [0.05, 0.1) is 18.2 Å². The third kappa shape index (κ3) is 4.12. The van der Waals surface area contributed by atoms with Gasteiger partial charge in [-0.2, -0.15) is 0 Å². The Labute approximate surface area is 137 Å². The van der Waals surface area contributed by atoms with Crippen LogP contribution in [0.3, 0.4) is 0 Å². The van der Waals surface area contributed by atoms with E-state index in [-0.39, 0.29) is 12.0 Å². The first-order chi connectivity index (χ1) is 11.1. The molecular weight excluding hydrogens is 292 g/mol. The van der Waals surface area contributed by atoms with E-state index in [1.165, 1.54) is 5.56 Å². The Morgan fingerprint density at radius 2 is 1.91 bits per heavy atom. The van der Waals surface area contributed by atoms with Crippen molar-refractivity contribution >= 4 is 12.0 Å². The minimum Gasteiger partial charge on any atom is -0.462 e. The fourth-order valence-electron chi connectivity index (χ4n) is 2.55. The highest BCUT2D eigenvalue weighted by molar-refractivity contribution is 5.95. The van der Waals surface area contributed by atoms with Gasteiger partial charge in [-0.25, -0.2) is 9.59 Å². The van der Waals surface area contributed by atoms with E-state index < -0.39 is 6.04 Å². The van der Waals surface area contributed by atoms with Crippen molar-refractivity contribution < 1.29 is 14.3 Å². The molecule has 2 amide bonds. The number of amides is 2. The van der Waals surface area contributed by atoms with Crippen LogP contribution in [0.25, 0.3) is 0 Å². The van der Waals surface area contributed by atoms with Gasteiger partial charge in [0.1, 0.15) is 0 Å². The Balaban J connectivity index is 2.27. The molecule has 1 aliphatic rings. The van der Waals surface area contributed by atoms with Gasteiger partial charge in [0.15, 0.2) is 0 Å². The normalized spacial score (nSPS) is 17.5. The molecule has 0 spiro atoms. The third-order valence-electron chi connectivity index (χ3n) is 3.94. The maximum absolute atomic E-state index is 12.4. The molecule has 0 aliphatic carbocycles. The van der Waals surface area contributed by atoms with Crippen LogP contribution < -0.4 is 10.6 Å². The monoisotopic (exact) mass is 316 g/mol. The Bertz CT molecular complexity index is 605. The van der Waals surface area contributed by atoms with Gasteiger partial charge >= 0.3 is 12.0 Å². The van der Waals surface area contributed by atoms with Gasteiger partial charge in [0, 0.05) is 5.70 Å². The van der Waals surface area contributed by atoms with Crippen molar-refractivity contribution in [1.82, 2.24) is 10.6 Å². The first kappa shape index (κ1) is 17.1. The Hall–Kier alpha value is -2.30. The second-order valence-corrected chi connectivity index (χ2v) is 5.65. The SMILES string of the molecule is CCCCOC(=O)C1=C(C)NC(=O)NC1c1ccc(CC)cc1. The lowest BCUT2D eigenvalue weighted by atomic mass is 9.94. The van der Waals surface area contributed by atoms with Gasteiger partial charge in [0.25, 0.3) is 0 Å². The lowest BCUT2D eigenvalue weighted by Gasteiger charge is -2.28. The number of carbonyl (C=O) groups excluding carboxylic acids is 2. The fourth-order valence-corrected chi connectivity index (χ4v) is 2.55. The van der Waals surface area contributed by atoms with E-state index in [0.29, 0.717) is 17.9 Å². The maximum atomic E-state index is 12.4. The molecule has 5 nitrogen and oxygen atoms in total. The molecule has 0 radical (unpaired) electrons. The molecular formula is C18H24N2O3. The number of unbranched alkanes of at least 4 members (excludes halogenated alkanes) is 1. The summed E-state index contributed by atoms with van der Waals surface area (Å²) in [6, 6.07) is 7.13. The van der Waals surface area contributed by atoms with Gasteiger partial charge in [-0.3, -0.25) is 0 Å². The number of carbonyl (C=O) groups is 2. The summed E-state index contributed by atoms with van der Waals surface area (Å²) in [6.07, 6.45) is 2.73. The van der Waals surface area contributed by atoms with Crippen LogP contribution >= 0.6 is 0 Å². The second kappa shape index (κ2) is 7.81. The number of urea groups is 1. The number of rotatable bonds is 6. The zero-order valence-corrected chi connectivity index (χ0v) is 13.9. The van der Waals surface area contributed by atoms with E-state index in [9.17, 15) is 9.59 Å². The average Bonchev–Trinajstić information content (AvgIpc) is 2.54. The average molecular weight is 316 g/mol. The van der Waals surface area contributed by atoms with E-state index in [2.05, 4.69) is 17.6 Å². The largest absolute Gasteiger partial charge is 0.462 e.